The lowest BCUT2D eigenvalue weighted by atomic mass is 9.79. The van der Waals surface area contributed by atoms with Gasteiger partial charge in [-0.25, -0.2) is 0 Å². The highest BCUT2D eigenvalue weighted by Crippen LogP contribution is 2.32. The Morgan fingerprint density at radius 3 is 2.44 bits per heavy atom. The summed E-state index contributed by atoms with van der Waals surface area (Å²) in [6, 6.07) is 0.150. The largest absolute Gasteiger partial charge is 0.342 e. The van der Waals surface area contributed by atoms with Crippen LogP contribution in [0.1, 0.15) is 58.8 Å². The van der Waals surface area contributed by atoms with Gasteiger partial charge in [0.05, 0.1) is 0 Å². The van der Waals surface area contributed by atoms with Crippen LogP contribution in [0.3, 0.4) is 0 Å². The predicted octanol–water partition coefficient (Wildman–Crippen LogP) is 4.07. The van der Waals surface area contributed by atoms with Crippen molar-refractivity contribution in [3.8, 4) is 0 Å². The van der Waals surface area contributed by atoms with E-state index in [-0.39, 0.29) is 12.0 Å². The zero-order chi connectivity index (χ0) is 13.5. The van der Waals surface area contributed by atoms with Crippen LogP contribution in [0.2, 0.25) is 0 Å². The Morgan fingerprint density at radius 1 is 1.33 bits per heavy atom. The summed E-state index contributed by atoms with van der Waals surface area (Å²) >= 11 is 5.82. The van der Waals surface area contributed by atoms with E-state index in [0.717, 1.165) is 18.8 Å². The van der Waals surface area contributed by atoms with Crippen LogP contribution in [0.15, 0.2) is 0 Å². The van der Waals surface area contributed by atoms with Gasteiger partial charge < -0.3 is 4.90 Å². The van der Waals surface area contributed by atoms with Gasteiger partial charge in [0.25, 0.3) is 0 Å². The highest BCUT2D eigenvalue weighted by atomic mass is 35.5. The number of halogens is 1. The average molecular weight is 274 g/mol. The summed E-state index contributed by atoms with van der Waals surface area (Å²) in [4.78, 5) is 14.1. The van der Waals surface area contributed by atoms with Gasteiger partial charge in [-0.3, -0.25) is 4.79 Å². The molecule has 1 aliphatic carbocycles. The van der Waals surface area contributed by atoms with Gasteiger partial charge in [0.2, 0.25) is 5.91 Å². The standard InChI is InChI=1S/C15H28ClNO/c1-4-5-6-13-7-9-14(10-8-13)15(18)17(3)12(2)11-16/h12-14H,4-11H2,1-3H3. The Labute approximate surface area is 117 Å². The van der Waals surface area contributed by atoms with E-state index < -0.39 is 0 Å². The van der Waals surface area contributed by atoms with Crippen LogP contribution in [0.25, 0.3) is 0 Å². The lowest BCUT2D eigenvalue weighted by Crippen LogP contribution is -2.41. The van der Waals surface area contributed by atoms with Gasteiger partial charge >= 0.3 is 0 Å². The second-order valence-electron chi connectivity index (χ2n) is 5.81. The maximum atomic E-state index is 12.3. The third kappa shape index (κ3) is 4.46. The van der Waals surface area contributed by atoms with E-state index in [1.807, 2.05) is 18.9 Å². The summed E-state index contributed by atoms with van der Waals surface area (Å²) in [5, 5.41) is 0. The summed E-state index contributed by atoms with van der Waals surface area (Å²) in [6.45, 7) is 4.26. The molecule has 1 amide bonds. The van der Waals surface area contributed by atoms with Crippen molar-refractivity contribution in [3.63, 3.8) is 0 Å². The second-order valence-corrected chi connectivity index (χ2v) is 6.12. The Balaban J connectivity index is 2.35. The highest BCUT2D eigenvalue weighted by Gasteiger charge is 2.29. The number of carbonyl (C=O) groups excluding carboxylic acids is 1. The Kier molecular flexibility index (Phi) is 7.06. The van der Waals surface area contributed by atoms with E-state index in [4.69, 9.17) is 11.6 Å². The van der Waals surface area contributed by atoms with Crippen molar-refractivity contribution >= 4 is 17.5 Å². The quantitative estimate of drug-likeness (QED) is 0.668. The molecule has 0 saturated heterocycles. The number of rotatable bonds is 6. The first-order valence-electron chi connectivity index (χ1n) is 7.42. The zero-order valence-corrected chi connectivity index (χ0v) is 12.9. The zero-order valence-electron chi connectivity index (χ0n) is 12.1. The fourth-order valence-corrected chi connectivity index (χ4v) is 3.01. The molecule has 0 N–H and O–H groups in total. The summed E-state index contributed by atoms with van der Waals surface area (Å²) in [7, 11) is 1.89. The molecule has 1 saturated carbocycles. The SMILES string of the molecule is CCCCC1CCC(C(=O)N(C)C(C)CCl)CC1. The van der Waals surface area contributed by atoms with Gasteiger partial charge in [0.1, 0.15) is 0 Å². The number of amides is 1. The molecule has 0 aromatic carbocycles. The topological polar surface area (TPSA) is 20.3 Å². The normalized spacial score (nSPS) is 25.8. The van der Waals surface area contributed by atoms with Crippen LogP contribution in [-0.2, 0) is 4.79 Å². The van der Waals surface area contributed by atoms with Gasteiger partial charge in [-0.1, -0.05) is 26.2 Å². The van der Waals surface area contributed by atoms with Crippen molar-refractivity contribution in [2.75, 3.05) is 12.9 Å². The Morgan fingerprint density at radius 2 is 1.94 bits per heavy atom. The number of hydrogen-bond donors (Lipinski definition) is 0. The van der Waals surface area contributed by atoms with Gasteiger partial charge in [-0.05, 0) is 38.5 Å². The number of unbranched alkanes of at least 4 members (excludes halogenated alkanes) is 1. The fraction of sp³-hybridized carbons (Fsp3) is 0.933. The van der Waals surface area contributed by atoms with Gasteiger partial charge in [-0.15, -0.1) is 11.6 Å². The molecule has 18 heavy (non-hydrogen) atoms. The third-order valence-electron chi connectivity index (χ3n) is 4.39. The molecule has 0 radical (unpaired) electrons. The molecule has 0 heterocycles. The van der Waals surface area contributed by atoms with E-state index in [0.29, 0.717) is 11.8 Å². The van der Waals surface area contributed by atoms with Crippen molar-refractivity contribution in [2.45, 2.75) is 64.8 Å². The van der Waals surface area contributed by atoms with Crippen LogP contribution < -0.4 is 0 Å². The maximum absolute atomic E-state index is 12.3. The molecule has 1 rings (SSSR count). The van der Waals surface area contributed by atoms with E-state index in [1.165, 1.54) is 32.1 Å². The van der Waals surface area contributed by atoms with E-state index in [2.05, 4.69) is 6.92 Å². The molecule has 0 spiro atoms. The summed E-state index contributed by atoms with van der Waals surface area (Å²) < 4.78 is 0. The van der Waals surface area contributed by atoms with Crippen LogP contribution in [-0.4, -0.2) is 29.8 Å². The van der Waals surface area contributed by atoms with Crippen molar-refractivity contribution in [1.82, 2.24) is 4.90 Å². The molecule has 0 aliphatic heterocycles. The molecular weight excluding hydrogens is 246 g/mol. The van der Waals surface area contributed by atoms with Gasteiger partial charge in [-0.2, -0.15) is 0 Å². The number of nitrogens with zero attached hydrogens (tertiary/aromatic N) is 1. The van der Waals surface area contributed by atoms with Crippen molar-refractivity contribution in [3.05, 3.63) is 0 Å². The Bertz CT molecular complexity index is 249. The van der Waals surface area contributed by atoms with Crippen LogP contribution in [0.4, 0.5) is 0 Å². The molecule has 2 nitrogen and oxygen atoms in total. The minimum atomic E-state index is 0.150. The second kappa shape index (κ2) is 8.04. The molecule has 1 aliphatic rings. The molecular formula is C15H28ClNO. The number of carbonyl (C=O) groups is 1. The summed E-state index contributed by atoms with van der Waals surface area (Å²) in [5.74, 6) is 1.94. The summed E-state index contributed by atoms with van der Waals surface area (Å²) in [5.41, 5.74) is 0. The average Bonchev–Trinajstić information content (AvgIpc) is 2.43. The summed E-state index contributed by atoms with van der Waals surface area (Å²) in [6.07, 6.45) is 8.60. The maximum Gasteiger partial charge on any atom is 0.225 e. The fourth-order valence-electron chi connectivity index (χ4n) is 2.80. The van der Waals surface area contributed by atoms with Crippen molar-refractivity contribution in [1.29, 1.82) is 0 Å². The lowest BCUT2D eigenvalue weighted by Gasteiger charge is -2.32. The molecule has 1 unspecified atom stereocenters. The minimum absolute atomic E-state index is 0.150. The lowest BCUT2D eigenvalue weighted by molar-refractivity contribution is -0.137. The van der Waals surface area contributed by atoms with Gasteiger partial charge in [0, 0.05) is 24.9 Å². The number of alkyl halides is 1. The van der Waals surface area contributed by atoms with E-state index in [9.17, 15) is 4.79 Å². The van der Waals surface area contributed by atoms with Crippen LogP contribution in [0, 0.1) is 11.8 Å². The van der Waals surface area contributed by atoms with Crippen molar-refractivity contribution < 1.29 is 4.79 Å². The minimum Gasteiger partial charge on any atom is -0.342 e. The molecule has 0 bridgehead atoms. The molecule has 1 fully saturated rings. The molecule has 3 heteroatoms. The van der Waals surface area contributed by atoms with E-state index in [1.54, 1.807) is 0 Å². The predicted molar refractivity (Wildman–Crippen MR) is 77.9 cm³/mol. The first-order chi connectivity index (χ1) is 8.60. The monoisotopic (exact) mass is 273 g/mol. The van der Waals surface area contributed by atoms with Gasteiger partial charge in [0.15, 0.2) is 0 Å². The van der Waals surface area contributed by atoms with Crippen LogP contribution in [0.5, 0.6) is 0 Å². The van der Waals surface area contributed by atoms with E-state index >= 15 is 0 Å². The highest BCUT2D eigenvalue weighted by molar-refractivity contribution is 6.18. The molecule has 1 atom stereocenters. The molecule has 0 aromatic heterocycles. The number of hydrogen-bond acceptors (Lipinski definition) is 1. The molecule has 106 valence electrons. The first-order valence-corrected chi connectivity index (χ1v) is 7.96. The first kappa shape index (κ1) is 15.8. The molecule has 0 aromatic rings. The smallest absolute Gasteiger partial charge is 0.225 e. The third-order valence-corrected chi connectivity index (χ3v) is 4.84. The van der Waals surface area contributed by atoms with Crippen molar-refractivity contribution in [2.24, 2.45) is 11.8 Å². The Hall–Kier alpha value is -0.240. The van der Waals surface area contributed by atoms with Crippen LogP contribution >= 0.6 is 11.6 Å².